The normalized spacial score (nSPS) is 37.4. The highest BCUT2D eigenvalue weighted by atomic mass is 16.6. The number of hydrogen-bond donors (Lipinski definition) is 0. The third-order valence-electron chi connectivity index (χ3n) is 4.27. The van der Waals surface area contributed by atoms with E-state index in [0.29, 0.717) is 5.92 Å². The second-order valence-corrected chi connectivity index (χ2v) is 4.47. The number of methoxy groups -OCH3 is 2. The zero-order valence-electron chi connectivity index (χ0n) is 10.5. The van der Waals surface area contributed by atoms with Crippen molar-refractivity contribution in [2.75, 3.05) is 14.2 Å². The first-order valence-corrected chi connectivity index (χ1v) is 5.85. The highest BCUT2D eigenvalue weighted by Crippen LogP contribution is 2.66. The molecule has 0 radical (unpaired) electrons. The van der Waals surface area contributed by atoms with Gasteiger partial charge < -0.3 is 9.47 Å². The van der Waals surface area contributed by atoms with E-state index < -0.39 is 0 Å². The molecule has 0 heterocycles. The van der Waals surface area contributed by atoms with Gasteiger partial charge in [0.2, 0.25) is 0 Å². The average molecular weight is 220 g/mol. The summed E-state index contributed by atoms with van der Waals surface area (Å²) >= 11 is 0. The third-order valence-corrected chi connectivity index (χ3v) is 4.27. The van der Waals surface area contributed by atoms with Gasteiger partial charge in [0.1, 0.15) is 11.2 Å². The molecule has 2 heteroatoms. The van der Waals surface area contributed by atoms with Crippen molar-refractivity contribution in [3.05, 3.63) is 35.9 Å². The summed E-state index contributed by atoms with van der Waals surface area (Å²) in [4.78, 5) is 0. The van der Waals surface area contributed by atoms with E-state index in [1.54, 1.807) is 14.2 Å². The van der Waals surface area contributed by atoms with Gasteiger partial charge in [0.25, 0.3) is 0 Å². The van der Waals surface area contributed by atoms with Crippen molar-refractivity contribution in [1.29, 1.82) is 0 Å². The van der Waals surface area contributed by atoms with Crippen LogP contribution in [0.15, 0.2) is 30.3 Å². The fourth-order valence-corrected chi connectivity index (χ4v) is 3.36. The van der Waals surface area contributed by atoms with Crippen LogP contribution in [0.25, 0.3) is 0 Å². The molecule has 0 aliphatic heterocycles. The number of ether oxygens (including phenoxy) is 2. The standard InChI is InChI=1S/C14H20O2/c1-5-13(15-3)11(2)14(13,16-4)12-9-7-6-8-10-12/h6-11H,5H2,1-4H3/t11-,13+,14+/m1/s1. The number of rotatable bonds is 4. The Morgan fingerprint density at radius 1 is 1.12 bits per heavy atom. The topological polar surface area (TPSA) is 18.5 Å². The predicted octanol–water partition coefficient (Wildman–Crippen LogP) is 2.97. The van der Waals surface area contributed by atoms with Crippen LogP contribution in [0.2, 0.25) is 0 Å². The SMILES string of the molecule is CC[C@]1(OC)[C@@H](C)[C@]1(OC)c1ccccc1. The van der Waals surface area contributed by atoms with E-state index in [4.69, 9.17) is 9.47 Å². The first-order chi connectivity index (χ1) is 7.69. The van der Waals surface area contributed by atoms with Crippen LogP contribution in [0.4, 0.5) is 0 Å². The van der Waals surface area contributed by atoms with Gasteiger partial charge >= 0.3 is 0 Å². The largest absolute Gasteiger partial charge is 0.374 e. The Hall–Kier alpha value is -0.860. The molecule has 3 atom stereocenters. The Morgan fingerprint density at radius 2 is 1.75 bits per heavy atom. The lowest BCUT2D eigenvalue weighted by Crippen LogP contribution is -2.27. The van der Waals surface area contributed by atoms with Gasteiger partial charge in [-0.2, -0.15) is 0 Å². The molecule has 0 unspecified atom stereocenters. The van der Waals surface area contributed by atoms with Crippen LogP contribution in [0.1, 0.15) is 25.8 Å². The molecule has 2 nitrogen and oxygen atoms in total. The maximum atomic E-state index is 5.82. The van der Waals surface area contributed by atoms with Gasteiger partial charge in [0.05, 0.1) is 0 Å². The molecule has 88 valence electrons. The minimum atomic E-state index is -0.266. The maximum Gasteiger partial charge on any atom is 0.127 e. The number of hydrogen-bond acceptors (Lipinski definition) is 2. The molecule has 16 heavy (non-hydrogen) atoms. The molecule has 0 saturated heterocycles. The van der Waals surface area contributed by atoms with Gasteiger partial charge in [-0.1, -0.05) is 44.2 Å². The molecular weight excluding hydrogens is 200 g/mol. The van der Waals surface area contributed by atoms with Crippen LogP contribution in [-0.4, -0.2) is 19.8 Å². The van der Waals surface area contributed by atoms with Crippen LogP contribution >= 0.6 is 0 Å². The van der Waals surface area contributed by atoms with Gasteiger partial charge in [0.15, 0.2) is 0 Å². The zero-order valence-corrected chi connectivity index (χ0v) is 10.5. The van der Waals surface area contributed by atoms with Crippen LogP contribution in [-0.2, 0) is 15.1 Å². The quantitative estimate of drug-likeness (QED) is 0.776. The summed E-state index contributed by atoms with van der Waals surface area (Å²) in [6.45, 7) is 4.35. The van der Waals surface area contributed by atoms with Crippen molar-refractivity contribution in [2.45, 2.75) is 31.5 Å². The second kappa shape index (κ2) is 3.86. The van der Waals surface area contributed by atoms with Gasteiger partial charge in [-0.25, -0.2) is 0 Å². The first kappa shape index (κ1) is 11.6. The zero-order chi connectivity index (χ0) is 11.8. The predicted molar refractivity (Wildman–Crippen MR) is 64.3 cm³/mol. The van der Waals surface area contributed by atoms with Crippen LogP contribution in [0, 0.1) is 5.92 Å². The molecule has 2 rings (SSSR count). The van der Waals surface area contributed by atoms with E-state index in [0.717, 1.165) is 6.42 Å². The minimum Gasteiger partial charge on any atom is -0.374 e. The number of benzene rings is 1. The molecule has 1 aromatic carbocycles. The molecule has 1 fully saturated rings. The summed E-state index contributed by atoms with van der Waals surface area (Å²) in [6, 6.07) is 10.4. The first-order valence-electron chi connectivity index (χ1n) is 5.85. The molecule has 0 N–H and O–H groups in total. The molecule has 1 saturated carbocycles. The van der Waals surface area contributed by atoms with Crippen molar-refractivity contribution < 1.29 is 9.47 Å². The van der Waals surface area contributed by atoms with Crippen molar-refractivity contribution in [3.8, 4) is 0 Å². The highest BCUT2D eigenvalue weighted by molar-refractivity contribution is 5.39. The summed E-state index contributed by atoms with van der Waals surface area (Å²) in [5.74, 6) is 0.391. The Labute approximate surface area is 97.6 Å². The molecule has 0 spiro atoms. The van der Waals surface area contributed by atoms with Gasteiger partial charge in [-0.05, 0) is 12.0 Å². The van der Waals surface area contributed by atoms with E-state index in [9.17, 15) is 0 Å². The summed E-state index contributed by atoms with van der Waals surface area (Å²) in [6.07, 6.45) is 0.966. The van der Waals surface area contributed by atoms with Crippen LogP contribution in [0.5, 0.6) is 0 Å². The fourth-order valence-electron chi connectivity index (χ4n) is 3.36. The highest BCUT2D eigenvalue weighted by Gasteiger charge is 2.76. The molecule has 1 aliphatic carbocycles. The van der Waals surface area contributed by atoms with E-state index in [-0.39, 0.29) is 11.2 Å². The third kappa shape index (κ3) is 1.14. The molecule has 1 aliphatic rings. The molecule has 0 amide bonds. The molecule has 1 aromatic rings. The lowest BCUT2D eigenvalue weighted by atomic mass is 10.0. The summed E-state index contributed by atoms with van der Waals surface area (Å²) in [7, 11) is 3.56. The van der Waals surface area contributed by atoms with Crippen molar-refractivity contribution in [3.63, 3.8) is 0 Å². The molecule has 0 aromatic heterocycles. The Morgan fingerprint density at radius 3 is 2.12 bits per heavy atom. The summed E-state index contributed by atoms with van der Waals surface area (Å²) in [5, 5.41) is 0. The van der Waals surface area contributed by atoms with Gasteiger partial charge in [-0.3, -0.25) is 0 Å². The lowest BCUT2D eigenvalue weighted by Gasteiger charge is -2.23. The van der Waals surface area contributed by atoms with Crippen molar-refractivity contribution in [1.82, 2.24) is 0 Å². The van der Waals surface area contributed by atoms with E-state index in [1.165, 1.54) is 5.56 Å². The Kier molecular flexibility index (Phi) is 2.81. The lowest BCUT2D eigenvalue weighted by molar-refractivity contribution is -0.0400. The fraction of sp³-hybridized carbons (Fsp3) is 0.571. The van der Waals surface area contributed by atoms with Crippen LogP contribution in [0.3, 0.4) is 0 Å². The van der Waals surface area contributed by atoms with Crippen LogP contribution < -0.4 is 0 Å². The monoisotopic (exact) mass is 220 g/mol. The average Bonchev–Trinajstić information content (AvgIpc) is 2.90. The maximum absolute atomic E-state index is 5.82. The van der Waals surface area contributed by atoms with Crippen molar-refractivity contribution in [2.24, 2.45) is 5.92 Å². The summed E-state index contributed by atoms with van der Waals surface area (Å²) < 4.78 is 11.6. The molecular formula is C14H20O2. The van der Waals surface area contributed by atoms with E-state index >= 15 is 0 Å². The van der Waals surface area contributed by atoms with E-state index in [1.807, 2.05) is 6.07 Å². The second-order valence-electron chi connectivity index (χ2n) is 4.47. The van der Waals surface area contributed by atoms with Gasteiger partial charge in [-0.15, -0.1) is 0 Å². The van der Waals surface area contributed by atoms with E-state index in [2.05, 4.69) is 38.1 Å². The smallest absolute Gasteiger partial charge is 0.127 e. The summed E-state index contributed by atoms with van der Waals surface area (Å²) in [5.41, 5.74) is 0.787. The van der Waals surface area contributed by atoms with Crippen molar-refractivity contribution >= 4 is 0 Å². The minimum absolute atomic E-state index is 0.164. The Bertz CT molecular complexity index is 356. The Balaban J connectivity index is 2.44. The van der Waals surface area contributed by atoms with Gasteiger partial charge in [0, 0.05) is 20.1 Å². The molecule has 0 bridgehead atoms.